The number of Topliss-reactive ketones (excluding diaryl/α,β-unsaturated/α-hetero) is 1. The second-order valence-corrected chi connectivity index (χ2v) is 8.34. The van der Waals surface area contributed by atoms with Gasteiger partial charge in [0.05, 0.1) is 5.69 Å². The number of para-hydroxylation sites is 1. The van der Waals surface area contributed by atoms with Crippen LogP contribution in [0.15, 0.2) is 53.1 Å². The van der Waals surface area contributed by atoms with Gasteiger partial charge in [0.25, 0.3) is 11.8 Å². The van der Waals surface area contributed by atoms with E-state index in [0.29, 0.717) is 22.7 Å². The van der Waals surface area contributed by atoms with Crippen molar-refractivity contribution in [3.05, 3.63) is 71.4 Å². The molecule has 0 fully saturated rings. The number of oxazole rings is 1. The Morgan fingerprint density at radius 1 is 1.23 bits per heavy atom. The summed E-state index contributed by atoms with van der Waals surface area (Å²) in [5, 5.41) is 2.82. The van der Waals surface area contributed by atoms with Crippen molar-refractivity contribution in [3.8, 4) is 11.5 Å². The first kappa shape index (κ1) is 24.0. The number of hydrogen-bond acceptors (Lipinski definition) is 7. The van der Waals surface area contributed by atoms with Crippen molar-refractivity contribution in [2.75, 3.05) is 18.1 Å². The largest absolute Gasteiger partial charge is 0.485 e. The van der Waals surface area contributed by atoms with Crippen molar-refractivity contribution in [3.63, 3.8) is 0 Å². The molecule has 0 saturated heterocycles. The van der Waals surface area contributed by atoms with E-state index in [-0.39, 0.29) is 55.0 Å². The molecule has 182 valence electrons. The highest BCUT2D eigenvalue weighted by molar-refractivity contribution is 6.02. The van der Waals surface area contributed by atoms with E-state index >= 15 is 0 Å². The molecule has 9 nitrogen and oxygen atoms in total. The normalized spacial score (nSPS) is 13.6. The first-order valence-corrected chi connectivity index (χ1v) is 11.4. The third kappa shape index (κ3) is 5.51. The maximum Gasteiger partial charge on any atom is 0.273 e. The summed E-state index contributed by atoms with van der Waals surface area (Å²) in [4.78, 5) is 43.4. The van der Waals surface area contributed by atoms with Crippen molar-refractivity contribution in [1.29, 1.82) is 0 Å². The molecule has 1 atom stereocenters. The number of nitrogens with zero attached hydrogens (tertiary/aromatic N) is 2. The van der Waals surface area contributed by atoms with E-state index in [1.54, 1.807) is 24.3 Å². The number of aryl methyl sites for hydroxylation is 1. The zero-order chi connectivity index (χ0) is 24.9. The van der Waals surface area contributed by atoms with Gasteiger partial charge in [0, 0.05) is 11.6 Å². The van der Waals surface area contributed by atoms with Crippen molar-refractivity contribution in [1.82, 2.24) is 10.3 Å². The van der Waals surface area contributed by atoms with Crippen LogP contribution in [0.5, 0.6) is 11.5 Å². The summed E-state index contributed by atoms with van der Waals surface area (Å²) < 4.78 is 16.7. The van der Waals surface area contributed by atoms with Crippen LogP contribution in [0.4, 0.5) is 5.69 Å². The maximum atomic E-state index is 12.8. The van der Waals surface area contributed by atoms with Crippen LogP contribution in [0.2, 0.25) is 0 Å². The van der Waals surface area contributed by atoms with Crippen LogP contribution in [-0.4, -0.2) is 41.8 Å². The molecule has 1 aliphatic heterocycles. The number of aromatic nitrogens is 1. The molecule has 1 aliphatic rings. The summed E-state index contributed by atoms with van der Waals surface area (Å²) in [6.45, 7) is 5.46. The van der Waals surface area contributed by atoms with E-state index in [0.717, 1.165) is 12.0 Å². The molecular weight excluding hydrogens is 450 g/mol. The molecule has 3 aromatic rings. The molecule has 35 heavy (non-hydrogen) atoms. The van der Waals surface area contributed by atoms with Crippen LogP contribution in [0, 0.1) is 6.92 Å². The monoisotopic (exact) mass is 477 g/mol. The van der Waals surface area contributed by atoms with Gasteiger partial charge >= 0.3 is 0 Å². The number of amides is 2. The quantitative estimate of drug-likeness (QED) is 0.468. The van der Waals surface area contributed by atoms with Crippen LogP contribution >= 0.6 is 0 Å². The highest BCUT2D eigenvalue weighted by Crippen LogP contribution is 2.34. The Kier molecular flexibility index (Phi) is 7.14. The molecule has 0 unspecified atom stereocenters. The van der Waals surface area contributed by atoms with Gasteiger partial charge in [-0.1, -0.05) is 25.1 Å². The molecule has 4 rings (SSSR count). The van der Waals surface area contributed by atoms with Gasteiger partial charge in [-0.05, 0) is 50.1 Å². The van der Waals surface area contributed by atoms with Crippen molar-refractivity contribution < 1.29 is 28.3 Å². The van der Waals surface area contributed by atoms with Crippen LogP contribution in [-0.2, 0) is 11.3 Å². The minimum atomic E-state index is -0.343. The predicted octanol–water partition coefficient (Wildman–Crippen LogP) is 3.70. The Bertz CT molecular complexity index is 1250. The van der Waals surface area contributed by atoms with Crippen LogP contribution in [0.1, 0.15) is 52.6 Å². The third-order valence-electron chi connectivity index (χ3n) is 5.74. The fourth-order valence-corrected chi connectivity index (χ4v) is 3.52. The average molecular weight is 478 g/mol. The number of hydrogen-bond donors (Lipinski definition) is 1. The molecule has 2 amide bonds. The minimum Gasteiger partial charge on any atom is -0.485 e. The molecule has 1 N–H and O–H groups in total. The Morgan fingerprint density at radius 2 is 2.03 bits per heavy atom. The second-order valence-electron chi connectivity index (χ2n) is 8.34. The topological polar surface area (TPSA) is 111 Å². The fourth-order valence-electron chi connectivity index (χ4n) is 3.52. The SMILES string of the molecule is CC[C@H](C)NC(=O)c1coc(CN2C(=O)COc3ccc(C(=O)COc4ccccc4C)cc32)n1. The van der Waals surface area contributed by atoms with Gasteiger partial charge < -0.3 is 19.2 Å². The summed E-state index contributed by atoms with van der Waals surface area (Å²) in [7, 11) is 0. The smallest absolute Gasteiger partial charge is 0.273 e. The number of carbonyl (C=O) groups is 3. The average Bonchev–Trinajstić information content (AvgIpc) is 3.33. The van der Waals surface area contributed by atoms with Gasteiger partial charge in [-0.3, -0.25) is 19.3 Å². The molecule has 9 heteroatoms. The molecule has 0 bridgehead atoms. The Labute approximate surface area is 203 Å². The molecular formula is C26H27N3O6. The molecule has 2 aromatic carbocycles. The van der Waals surface area contributed by atoms with Crippen LogP contribution in [0.25, 0.3) is 0 Å². The first-order valence-electron chi connectivity index (χ1n) is 11.4. The fraction of sp³-hybridized carbons (Fsp3) is 0.308. The number of ketones is 1. The van der Waals surface area contributed by atoms with E-state index in [4.69, 9.17) is 13.9 Å². The number of ether oxygens (including phenoxy) is 2. The number of fused-ring (bicyclic) bond motifs is 1. The number of carbonyl (C=O) groups excluding carboxylic acids is 3. The zero-order valence-electron chi connectivity index (χ0n) is 19.9. The standard InChI is InChI=1S/C26H27N3O6/c1-4-17(3)27-26(32)19-13-35-24(28-19)12-29-20-11-18(9-10-23(20)34-15-25(29)31)21(30)14-33-22-8-6-5-7-16(22)2/h5-11,13,17H,4,12,14-15H2,1-3H3,(H,27,32)/t17-/m0/s1. The van der Waals surface area contributed by atoms with Crippen molar-refractivity contribution in [2.45, 2.75) is 39.8 Å². The number of rotatable bonds is 9. The lowest BCUT2D eigenvalue weighted by atomic mass is 10.1. The highest BCUT2D eigenvalue weighted by Gasteiger charge is 2.28. The molecule has 0 radical (unpaired) electrons. The molecule has 0 saturated carbocycles. The number of anilines is 1. The van der Waals surface area contributed by atoms with Gasteiger partial charge in [0.2, 0.25) is 5.89 Å². The molecule has 2 heterocycles. The Morgan fingerprint density at radius 3 is 2.80 bits per heavy atom. The van der Waals surface area contributed by atoms with E-state index in [9.17, 15) is 14.4 Å². The van der Waals surface area contributed by atoms with Crippen molar-refractivity contribution in [2.24, 2.45) is 0 Å². The zero-order valence-corrected chi connectivity index (χ0v) is 19.9. The van der Waals surface area contributed by atoms with Crippen LogP contribution < -0.4 is 19.7 Å². The summed E-state index contributed by atoms with van der Waals surface area (Å²) >= 11 is 0. The van der Waals surface area contributed by atoms with Gasteiger partial charge in [0.1, 0.15) is 24.3 Å². The van der Waals surface area contributed by atoms with E-state index in [1.807, 2.05) is 39.0 Å². The number of benzene rings is 2. The molecule has 1 aromatic heterocycles. The maximum absolute atomic E-state index is 12.8. The lowest BCUT2D eigenvalue weighted by Crippen LogP contribution is -2.38. The summed E-state index contributed by atoms with van der Waals surface area (Å²) in [5.41, 5.74) is 1.87. The Balaban J connectivity index is 1.50. The third-order valence-corrected chi connectivity index (χ3v) is 5.74. The number of nitrogens with one attached hydrogen (secondary N) is 1. The lowest BCUT2D eigenvalue weighted by Gasteiger charge is -2.28. The second kappa shape index (κ2) is 10.4. The summed E-state index contributed by atoms with van der Waals surface area (Å²) in [6.07, 6.45) is 2.05. The summed E-state index contributed by atoms with van der Waals surface area (Å²) in [5.74, 6) is 0.388. The Hall–Kier alpha value is -4.14. The van der Waals surface area contributed by atoms with Gasteiger partial charge in [-0.15, -0.1) is 0 Å². The van der Waals surface area contributed by atoms with E-state index in [2.05, 4.69) is 10.3 Å². The van der Waals surface area contributed by atoms with Crippen molar-refractivity contribution >= 4 is 23.3 Å². The van der Waals surface area contributed by atoms with Gasteiger partial charge in [-0.25, -0.2) is 4.98 Å². The van der Waals surface area contributed by atoms with Gasteiger partial charge in [0.15, 0.2) is 24.7 Å². The van der Waals surface area contributed by atoms with Crippen LogP contribution in [0.3, 0.4) is 0 Å². The highest BCUT2D eigenvalue weighted by atomic mass is 16.5. The minimum absolute atomic E-state index is 0.00101. The van der Waals surface area contributed by atoms with E-state index < -0.39 is 0 Å². The lowest BCUT2D eigenvalue weighted by molar-refractivity contribution is -0.121. The first-order chi connectivity index (χ1) is 16.9. The summed E-state index contributed by atoms with van der Waals surface area (Å²) in [6, 6.07) is 12.3. The van der Waals surface area contributed by atoms with E-state index in [1.165, 1.54) is 11.2 Å². The van der Waals surface area contributed by atoms with Gasteiger partial charge in [-0.2, -0.15) is 0 Å². The molecule has 0 aliphatic carbocycles. The molecule has 0 spiro atoms. The predicted molar refractivity (Wildman–Crippen MR) is 128 cm³/mol.